The number of carbonyl (C=O) groups excluding carboxylic acids is 1. The van der Waals surface area contributed by atoms with Gasteiger partial charge in [-0.05, 0) is 6.92 Å². The summed E-state index contributed by atoms with van der Waals surface area (Å²) < 4.78 is 0. The topological polar surface area (TPSA) is 146 Å². The summed E-state index contributed by atoms with van der Waals surface area (Å²) in [5.41, 5.74) is 9.32. The second kappa shape index (κ2) is 4.08. The van der Waals surface area contributed by atoms with E-state index in [2.05, 4.69) is 10.7 Å². The first-order chi connectivity index (χ1) is 5.82. The van der Waals surface area contributed by atoms with Gasteiger partial charge in [0.2, 0.25) is 0 Å². The van der Waals surface area contributed by atoms with Crippen LogP contribution in [0, 0.1) is 5.41 Å². The largest absolute Gasteiger partial charge is 0.365 e. The predicted octanol–water partition coefficient (Wildman–Crippen LogP) is -2.45. The summed E-state index contributed by atoms with van der Waals surface area (Å²) in [6.45, 7) is 1.00. The molecule has 0 radical (unpaired) electrons. The Hall–Kier alpha value is -1.31. The molecule has 0 unspecified atom stereocenters. The lowest BCUT2D eigenvalue weighted by Gasteiger charge is -2.16. The molecule has 0 heterocycles. The van der Waals surface area contributed by atoms with Gasteiger partial charge < -0.3 is 21.7 Å². The molecule has 0 rings (SSSR count). The Kier molecular flexibility index (Phi) is 3.67. The molecule has 0 saturated heterocycles. The average Bonchev–Trinajstić information content (AvgIpc) is 2.03. The van der Waals surface area contributed by atoms with Crippen LogP contribution in [0.3, 0.4) is 0 Å². The van der Waals surface area contributed by atoms with Crippen LogP contribution in [0.15, 0.2) is 4.99 Å². The van der Waals surface area contributed by atoms with Crippen molar-refractivity contribution in [1.29, 1.82) is 5.41 Å². The number of primary amides is 1. The lowest BCUT2D eigenvalue weighted by molar-refractivity contribution is -0.158. The van der Waals surface area contributed by atoms with Crippen molar-refractivity contribution in [3.8, 4) is 0 Å². The van der Waals surface area contributed by atoms with Crippen molar-refractivity contribution < 1.29 is 15.0 Å². The normalized spacial score (nSPS) is 12.8. The van der Waals surface area contributed by atoms with E-state index in [1.165, 1.54) is 0 Å². The highest BCUT2D eigenvalue weighted by molar-refractivity contribution is 6.11. The fraction of sp³-hybridized carbons (Fsp3) is 0.500. The van der Waals surface area contributed by atoms with Gasteiger partial charge in [0.25, 0.3) is 11.7 Å². The van der Waals surface area contributed by atoms with Crippen molar-refractivity contribution in [2.24, 2.45) is 16.5 Å². The molecule has 0 aliphatic rings. The van der Waals surface area contributed by atoms with Crippen molar-refractivity contribution in [2.75, 3.05) is 6.54 Å². The fourth-order valence-corrected chi connectivity index (χ4v) is 0.504. The Morgan fingerprint density at radius 1 is 1.62 bits per heavy atom. The van der Waals surface area contributed by atoms with Crippen molar-refractivity contribution >= 4 is 17.5 Å². The van der Waals surface area contributed by atoms with Gasteiger partial charge in [-0.25, -0.2) is 4.99 Å². The summed E-state index contributed by atoms with van der Waals surface area (Å²) in [6, 6.07) is 0. The van der Waals surface area contributed by atoms with E-state index >= 15 is 0 Å². The molecule has 0 aliphatic carbocycles. The molecule has 7 N–H and O–H groups in total. The van der Waals surface area contributed by atoms with Gasteiger partial charge in [-0.2, -0.15) is 0 Å². The number of carbonyl (C=O) groups is 1. The third-order valence-corrected chi connectivity index (χ3v) is 1.34. The zero-order chi connectivity index (χ0) is 10.6. The molecular formula is C6H12N4O3. The number of aliphatic hydroxyl groups is 2. The lowest BCUT2D eigenvalue weighted by atomic mass is 10.1. The number of hydrogen-bond acceptors (Lipinski definition) is 5. The minimum Gasteiger partial charge on any atom is -0.365 e. The maximum Gasteiger partial charge on any atom is 0.285 e. The molecule has 0 atom stereocenters. The molecule has 0 aromatic heterocycles. The van der Waals surface area contributed by atoms with Crippen LogP contribution in [-0.4, -0.2) is 40.0 Å². The van der Waals surface area contributed by atoms with Crippen LogP contribution in [0.4, 0.5) is 0 Å². The van der Waals surface area contributed by atoms with E-state index in [1.54, 1.807) is 0 Å². The Balaban J connectivity index is 4.77. The molecule has 74 valence electrons. The number of hydrogen-bond donors (Lipinski definition) is 5. The summed E-state index contributed by atoms with van der Waals surface area (Å²) in [5.74, 6) is -4.44. The van der Waals surface area contributed by atoms with Gasteiger partial charge in [-0.1, -0.05) is 0 Å². The third-order valence-electron chi connectivity index (χ3n) is 1.34. The number of nitrogens with one attached hydrogen (secondary N) is 1. The van der Waals surface area contributed by atoms with E-state index in [4.69, 9.17) is 21.4 Å². The van der Waals surface area contributed by atoms with Crippen molar-refractivity contribution in [1.82, 2.24) is 0 Å². The summed E-state index contributed by atoms with van der Waals surface area (Å²) in [7, 11) is 0. The minimum atomic E-state index is -2.82. The zero-order valence-electron chi connectivity index (χ0n) is 7.11. The molecule has 7 heteroatoms. The molecule has 0 bridgehead atoms. The first kappa shape index (κ1) is 11.7. The Labute approximate surface area is 74.6 Å². The molecule has 1 amide bonds. The molecule has 0 saturated carbocycles. The van der Waals surface area contributed by atoms with Crippen molar-refractivity contribution in [2.45, 2.75) is 12.7 Å². The van der Waals surface area contributed by atoms with Crippen LogP contribution in [0.1, 0.15) is 6.92 Å². The van der Waals surface area contributed by atoms with Gasteiger partial charge >= 0.3 is 0 Å². The van der Waals surface area contributed by atoms with Crippen molar-refractivity contribution in [3.63, 3.8) is 0 Å². The average molecular weight is 188 g/mol. The summed E-state index contributed by atoms with van der Waals surface area (Å²) in [4.78, 5) is 13.8. The first-order valence-corrected chi connectivity index (χ1v) is 3.40. The highest BCUT2D eigenvalue weighted by Gasteiger charge is 2.34. The molecule has 0 aliphatic heterocycles. The number of aliphatic imine (C=N–C) groups is 1. The van der Waals surface area contributed by atoms with Gasteiger partial charge in [0.1, 0.15) is 5.84 Å². The molecular weight excluding hydrogens is 176 g/mol. The molecule has 0 fully saturated rings. The summed E-state index contributed by atoms with van der Waals surface area (Å²) >= 11 is 0. The maximum absolute atomic E-state index is 10.5. The predicted molar refractivity (Wildman–Crippen MR) is 46.3 cm³/mol. The van der Waals surface area contributed by atoms with Gasteiger partial charge in [-0.15, -0.1) is 0 Å². The van der Waals surface area contributed by atoms with E-state index in [-0.39, 0.29) is 18.1 Å². The number of nitrogens with zero attached hydrogens (tertiary/aromatic N) is 1. The van der Waals surface area contributed by atoms with Gasteiger partial charge in [-0.3, -0.25) is 10.2 Å². The lowest BCUT2D eigenvalue weighted by Crippen LogP contribution is -2.49. The van der Waals surface area contributed by atoms with Crippen LogP contribution >= 0.6 is 0 Å². The molecule has 13 heavy (non-hydrogen) atoms. The minimum absolute atomic E-state index is 0.161. The number of amidine groups is 1. The standard InChI is InChI=1S/C6H12N4O3/c1-3(10-4(8)2-7)6(12,13)5(9)11/h8,12-13H,2,7H2,1H3,(H2,9,11). The van der Waals surface area contributed by atoms with Crippen LogP contribution in [0.2, 0.25) is 0 Å². The molecule has 0 spiro atoms. The van der Waals surface area contributed by atoms with E-state index in [0.29, 0.717) is 0 Å². The molecule has 7 nitrogen and oxygen atoms in total. The summed E-state index contributed by atoms with van der Waals surface area (Å²) in [6.07, 6.45) is 0. The monoisotopic (exact) mass is 188 g/mol. The van der Waals surface area contributed by atoms with Crippen LogP contribution < -0.4 is 11.5 Å². The smallest absolute Gasteiger partial charge is 0.285 e. The summed E-state index contributed by atoms with van der Waals surface area (Å²) in [5, 5.41) is 25.0. The van der Waals surface area contributed by atoms with Gasteiger partial charge in [0, 0.05) is 0 Å². The van der Waals surface area contributed by atoms with Crippen LogP contribution in [0.5, 0.6) is 0 Å². The Morgan fingerprint density at radius 2 is 2.08 bits per heavy atom. The van der Waals surface area contributed by atoms with Gasteiger partial charge in [0.05, 0.1) is 12.3 Å². The second-order valence-electron chi connectivity index (χ2n) is 2.38. The highest BCUT2D eigenvalue weighted by Crippen LogP contribution is 2.01. The number of nitrogens with two attached hydrogens (primary N) is 2. The van der Waals surface area contributed by atoms with Crippen LogP contribution in [-0.2, 0) is 4.79 Å². The van der Waals surface area contributed by atoms with Crippen LogP contribution in [0.25, 0.3) is 0 Å². The van der Waals surface area contributed by atoms with E-state index in [9.17, 15) is 4.79 Å². The fourth-order valence-electron chi connectivity index (χ4n) is 0.504. The van der Waals surface area contributed by atoms with E-state index in [0.717, 1.165) is 6.92 Å². The molecule has 0 aromatic carbocycles. The van der Waals surface area contributed by atoms with Gasteiger partial charge in [0.15, 0.2) is 0 Å². The number of rotatable bonds is 3. The Morgan fingerprint density at radius 3 is 2.38 bits per heavy atom. The van der Waals surface area contributed by atoms with E-state index < -0.39 is 11.7 Å². The third kappa shape index (κ3) is 2.90. The maximum atomic E-state index is 10.5. The SMILES string of the molecule is CC(=NC(=N)CN)C(O)(O)C(N)=O. The second-order valence-corrected chi connectivity index (χ2v) is 2.38. The molecule has 0 aromatic rings. The first-order valence-electron chi connectivity index (χ1n) is 3.40. The van der Waals surface area contributed by atoms with E-state index in [1.807, 2.05) is 0 Å². The Bertz CT molecular complexity index is 259. The zero-order valence-corrected chi connectivity index (χ0v) is 7.11. The quantitative estimate of drug-likeness (QED) is 0.190. The number of amides is 1. The van der Waals surface area contributed by atoms with Crippen molar-refractivity contribution in [3.05, 3.63) is 0 Å². The highest BCUT2D eigenvalue weighted by atomic mass is 16.5.